The molecule has 3 unspecified atom stereocenters. The maximum Gasteiger partial charge on any atom is 0.268 e. The van der Waals surface area contributed by atoms with Crippen molar-refractivity contribution in [3.8, 4) is 0 Å². The second-order valence-corrected chi connectivity index (χ2v) is 26.6. The number of rotatable bonds is 65. The Morgan fingerprint density at radius 1 is 0.450 bits per heavy atom. The third-order valence-electron chi connectivity index (χ3n) is 16.1. The van der Waals surface area contributed by atoms with Crippen LogP contribution in [0.4, 0.5) is 0 Å². The molecule has 0 rings (SSSR count). The molecule has 0 heterocycles. The molecule has 0 saturated carbocycles. The van der Waals surface area contributed by atoms with Gasteiger partial charge in [-0.3, -0.25) is 9.36 Å². The van der Waals surface area contributed by atoms with Crippen LogP contribution in [0.25, 0.3) is 0 Å². The first-order valence-electron chi connectivity index (χ1n) is 35.0. The van der Waals surface area contributed by atoms with Crippen LogP contribution in [0.2, 0.25) is 0 Å². The molecule has 0 aliphatic heterocycles. The quantitative estimate of drug-likeness (QED) is 0.0272. The maximum atomic E-state index is 13.1. The van der Waals surface area contributed by atoms with E-state index >= 15 is 0 Å². The highest BCUT2D eigenvalue weighted by Crippen LogP contribution is 2.38. The molecular formula is C71H137N2O6P. The van der Waals surface area contributed by atoms with Gasteiger partial charge in [-0.2, -0.15) is 0 Å². The summed E-state index contributed by atoms with van der Waals surface area (Å²) < 4.78 is 23.5. The first kappa shape index (κ1) is 78.5. The number of hydrogen-bond acceptors (Lipinski definition) is 6. The highest BCUT2D eigenvalue weighted by molar-refractivity contribution is 7.45. The zero-order chi connectivity index (χ0) is 58.4. The molecule has 0 saturated heterocycles. The number of carbonyl (C=O) groups excluding carboxylic acids is 1. The smallest absolute Gasteiger partial charge is 0.268 e. The van der Waals surface area contributed by atoms with Gasteiger partial charge in [-0.1, -0.05) is 339 Å². The highest BCUT2D eigenvalue weighted by Gasteiger charge is 2.24. The van der Waals surface area contributed by atoms with Gasteiger partial charge in [0, 0.05) is 6.42 Å². The molecule has 0 aliphatic carbocycles. The summed E-state index contributed by atoms with van der Waals surface area (Å²) in [6, 6.07) is -0.800. The minimum Gasteiger partial charge on any atom is -0.756 e. The first-order valence-corrected chi connectivity index (χ1v) is 36.4. The molecule has 0 aromatic carbocycles. The van der Waals surface area contributed by atoms with E-state index in [1.165, 1.54) is 257 Å². The van der Waals surface area contributed by atoms with Gasteiger partial charge in [-0.05, 0) is 51.4 Å². The van der Waals surface area contributed by atoms with Gasteiger partial charge in [0.15, 0.2) is 0 Å². The predicted molar refractivity (Wildman–Crippen MR) is 348 cm³/mol. The molecular weight excluding hydrogens is 1010 g/mol. The Hall–Kier alpha value is -1.54. The van der Waals surface area contributed by atoms with Crippen molar-refractivity contribution in [2.45, 2.75) is 360 Å². The zero-order valence-corrected chi connectivity index (χ0v) is 54.9. The van der Waals surface area contributed by atoms with E-state index in [9.17, 15) is 19.4 Å². The molecule has 1 amide bonds. The van der Waals surface area contributed by atoms with E-state index in [4.69, 9.17) is 9.05 Å². The number of aliphatic hydroxyl groups excluding tert-OH is 1. The molecule has 2 N–H and O–H groups in total. The van der Waals surface area contributed by atoms with Crippen molar-refractivity contribution in [2.24, 2.45) is 0 Å². The first-order chi connectivity index (χ1) is 39.0. The lowest BCUT2D eigenvalue weighted by molar-refractivity contribution is -0.870. The molecule has 0 aliphatic rings. The number of unbranched alkanes of at least 4 members (excludes halogenated alkanes) is 44. The Labute approximate surface area is 499 Å². The largest absolute Gasteiger partial charge is 0.756 e. The second-order valence-electron chi connectivity index (χ2n) is 25.2. The number of carbonyl (C=O) groups is 1. The van der Waals surface area contributed by atoms with Crippen molar-refractivity contribution in [3.05, 3.63) is 48.6 Å². The molecule has 0 spiro atoms. The SMILES string of the molecule is CC/C=C\C/C=C\C/C=C\C/C=C\CCCCCCCCCCCCCCCCCCCCCCCCCCC(=O)NC(COP(=O)([O-])OCC[N+](C)(C)C)C(O)CCCCCCCCCCCCCCCCCCCCCCC. The number of phosphoric ester groups is 1. The normalized spacial score (nSPS) is 13.9. The van der Waals surface area contributed by atoms with Crippen molar-refractivity contribution in [2.75, 3.05) is 40.9 Å². The Kier molecular flexibility index (Phi) is 60.8. The van der Waals surface area contributed by atoms with Crippen LogP contribution in [0.1, 0.15) is 348 Å². The second kappa shape index (κ2) is 62.0. The van der Waals surface area contributed by atoms with Crippen molar-refractivity contribution >= 4 is 13.7 Å². The van der Waals surface area contributed by atoms with Crippen LogP contribution in [-0.4, -0.2) is 68.5 Å². The summed E-state index contributed by atoms with van der Waals surface area (Å²) in [6.45, 7) is 4.66. The Balaban J connectivity index is 3.94. The summed E-state index contributed by atoms with van der Waals surface area (Å²) in [5.74, 6) is -0.157. The monoisotopic (exact) mass is 1150 g/mol. The minimum atomic E-state index is -4.58. The highest BCUT2D eigenvalue weighted by atomic mass is 31.2. The third-order valence-corrected chi connectivity index (χ3v) is 17.0. The lowest BCUT2D eigenvalue weighted by atomic mass is 10.0. The van der Waals surface area contributed by atoms with E-state index in [1.54, 1.807) is 0 Å². The van der Waals surface area contributed by atoms with Gasteiger partial charge < -0.3 is 28.8 Å². The molecule has 3 atom stereocenters. The summed E-state index contributed by atoms with van der Waals surface area (Å²) in [5.41, 5.74) is 0. The van der Waals surface area contributed by atoms with Crippen LogP contribution in [-0.2, 0) is 18.4 Å². The fourth-order valence-electron chi connectivity index (χ4n) is 10.7. The maximum absolute atomic E-state index is 13.1. The zero-order valence-electron chi connectivity index (χ0n) is 54.0. The molecule has 0 bridgehead atoms. The summed E-state index contributed by atoms with van der Waals surface area (Å²) in [7, 11) is 1.32. The number of hydrogen-bond donors (Lipinski definition) is 2. The molecule has 9 heteroatoms. The van der Waals surface area contributed by atoms with Gasteiger partial charge in [0.05, 0.1) is 39.9 Å². The molecule has 0 aromatic rings. The number of nitrogens with zero attached hydrogens (tertiary/aromatic N) is 1. The molecule has 0 fully saturated rings. The van der Waals surface area contributed by atoms with E-state index in [2.05, 4.69) is 67.8 Å². The number of allylic oxidation sites excluding steroid dienone is 8. The van der Waals surface area contributed by atoms with Gasteiger partial charge >= 0.3 is 0 Å². The van der Waals surface area contributed by atoms with Crippen LogP contribution in [0.15, 0.2) is 48.6 Å². The van der Waals surface area contributed by atoms with E-state index in [1.807, 2.05) is 21.1 Å². The molecule has 0 aromatic heterocycles. The number of aliphatic hydroxyl groups is 1. The topological polar surface area (TPSA) is 108 Å². The lowest BCUT2D eigenvalue weighted by Crippen LogP contribution is -2.46. The van der Waals surface area contributed by atoms with Gasteiger partial charge in [-0.25, -0.2) is 0 Å². The number of phosphoric acid groups is 1. The Morgan fingerprint density at radius 2 is 0.762 bits per heavy atom. The molecule has 472 valence electrons. The Morgan fingerprint density at radius 3 is 1.11 bits per heavy atom. The summed E-state index contributed by atoms with van der Waals surface area (Å²) in [4.78, 5) is 25.7. The van der Waals surface area contributed by atoms with Crippen molar-refractivity contribution < 1.29 is 32.9 Å². The summed E-state index contributed by atoms with van der Waals surface area (Å²) in [6.07, 6.45) is 83.3. The third kappa shape index (κ3) is 64.0. The number of likely N-dealkylation sites (N-methyl/N-ethyl adjacent to an activating group) is 1. The molecule has 80 heavy (non-hydrogen) atoms. The van der Waals surface area contributed by atoms with Crippen LogP contribution in [0.5, 0.6) is 0 Å². The van der Waals surface area contributed by atoms with Crippen LogP contribution in [0.3, 0.4) is 0 Å². The fourth-order valence-corrected chi connectivity index (χ4v) is 11.4. The Bertz CT molecular complexity index is 1440. The summed E-state index contributed by atoms with van der Waals surface area (Å²) in [5, 5.41) is 14.1. The van der Waals surface area contributed by atoms with Crippen molar-refractivity contribution in [1.82, 2.24) is 5.32 Å². The van der Waals surface area contributed by atoms with Gasteiger partial charge in [0.2, 0.25) is 5.91 Å². The average Bonchev–Trinajstić information content (AvgIpc) is 3.42. The van der Waals surface area contributed by atoms with Crippen LogP contribution >= 0.6 is 7.82 Å². The molecule has 0 radical (unpaired) electrons. The number of amides is 1. The number of nitrogens with one attached hydrogen (secondary N) is 1. The van der Waals surface area contributed by atoms with E-state index < -0.39 is 20.0 Å². The van der Waals surface area contributed by atoms with Crippen LogP contribution < -0.4 is 10.2 Å². The lowest BCUT2D eigenvalue weighted by Gasteiger charge is -2.30. The van der Waals surface area contributed by atoms with E-state index in [0.29, 0.717) is 23.9 Å². The standard InChI is InChI=1S/C71H137N2O6P/c1-6-8-10-12-14-16-18-20-22-24-26-28-29-30-31-32-33-34-35-36-37-38-39-40-41-42-43-45-47-49-51-53-55-57-59-61-63-65-71(75)72-69(68-79-80(76,77)78-67-66-73(3,4)5)70(74)64-62-60-58-56-54-52-50-48-46-44-27-25-23-21-19-17-15-13-11-9-7-2/h8,10,14,16,20,22,26,28,69-70,74H,6-7,9,11-13,15,17-19,21,23-25,27,29-68H2,1-5H3,(H-,72,75,76,77)/b10-8-,16-14-,22-20-,28-26-. The van der Waals surface area contributed by atoms with Gasteiger partial charge in [0.25, 0.3) is 7.82 Å². The van der Waals surface area contributed by atoms with Crippen LogP contribution in [0, 0.1) is 0 Å². The minimum absolute atomic E-state index is 0.0144. The van der Waals surface area contributed by atoms with Gasteiger partial charge in [-0.15, -0.1) is 0 Å². The van der Waals surface area contributed by atoms with E-state index in [-0.39, 0.29) is 19.1 Å². The van der Waals surface area contributed by atoms with Crippen molar-refractivity contribution in [1.29, 1.82) is 0 Å². The number of quaternary nitrogens is 1. The average molecular weight is 1150 g/mol. The van der Waals surface area contributed by atoms with Gasteiger partial charge in [0.1, 0.15) is 13.2 Å². The summed E-state index contributed by atoms with van der Waals surface area (Å²) >= 11 is 0. The predicted octanol–water partition coefficient (Wildman–Crippen LogP) is 21.6. The van der Waals surface area contributed by atoms with E-state index in [0.717, 1.165) is 64.2 Å². The molecule has 8 nitrogen and oxygen atoms in total. The van der Waals surface area contributed by atoms with Crippen molar-refractivity contribution in [3.63, 3.8) is 0 Å². The fraction of sp³-hybridized carbons (Fsp3) is 0.873.